The number of aromatic nitrogens is 1. The van der Waals surface area contributed by atoms with Gasteiger partial charge in [0, 0.05) is 34.6 Å². The smallest absolute Gasteiger partial charge is 0.0457 e. The normalized spacial score (nSPS) is 12.8. The summed E-state index contributed by atoms with van der Waals surface area (Å²) in [7, 11) is 0. The zero-order valence-corrected chi connectivity index (χ0v) is 12.5. The van der Waals surface area contributed by atoms with Gasteiger partial charge in [-0.3, -0.25) is 0 Å². The minimum absolute atomic E-state index is 0.467. The molecule has 20 heavy (non-hydrogen) atoms. The van der Waals surface area contributed by atoms with Gasteiger partial charge in [-0.05, 0) is 35.6 Å². The molecule has 3 rings (SSSR count). The summed E-state index contributed by atoms with van der Waals surface area (Å²) in [5, 5.41) is 7.20. The molecule has 0 saturated heterocycles. The van der Waals surface area contributed by atoms with Crippen molar-refractivity contribution < 1.29 is 0 Å². The molecule has 1 aromatic carbocycles. The Morgan fingerprint density at radius 2 is 2.15 bits per heavy atom. The highest BCUT2D eigenvalue weighted by Crippen LogP contribution is 2.24. The first-order valence-electron chi connectivity index (χ1n) is 7.20. The highest BCUT2D eigenvalue weighted by Gasteiger charge is 2.11. The zero-order chi connectivity index (χ0) is 13.8. The molecule has 1 unspecified atom stereocenters. The lowest BCUT2D eigenvalue weighted by Gasteiger charge is -2.17. The van der Waals surface area contributed by atoms with E-state index in [9.17, 15) is 0 Å². The molecule has 2 aromatic heterocycles. The maximum absolute atomic E-state index is 3.72. The Labute approximate surface area is 123 Å². The Hall–Kier alpha value is -1.58. The fraction of sp³-hybridized carbons (Fsp3) is 0.294. The topological polar surface area (TPSA) is 27.8 Å². The van der Waals surface area contributed by atoms with Crippen molar-refractivity contribution >= 4 is 22.2 Å². The first-order chi connectivity index (χ1) is 9.88. The second-order valence-electron chi connectivity index (χ2n) is 5.09. The molecule has 104 valence electrons. The average Bonchev–Trinajstić information content (AvgIpc) is 3.13. The second kappa shape index (κ2) is 6.25. The number of H-pyrrole nitrogens is 1. The fourth-order valence-corrected chi connectivity index (χ4v) is 3.50. The van der Waals surface area contributed by atoms with Crippen molar-refractivity contribution in [3.63, 3.8) is 0 Å². The van der Waals surface area contributed by atoms with E-state index in [0.717, 1.165) is 6.54 Å². The van der Waals surface area contributed by atoms with Crippen molar-refractivity contribution in [2.75, 3.05) is 0 Å². The van der Waals surface area contributed by atoms with Crippen molar-refractivity contribution in [3.05, 3.63) is 58.4 Å². The van der Waals surface area contributed by atoms with Crippen LogP contribution < -0.4 is 5.32 Å². The fourth-order valence-electron chi connectivity index (χ4n) is 2.66. The monoisotopic (exact) mass is 284 g/mol. The van der Waals surface area contributed by atoms with Crippen LogP contribution in [0.15, 0.2) is 48.0 Å². The molecule has 0 fully saturated rings. The maximum Gasteiger partial charge on any atom is 0.0457 e. The molecule has 2 N–H and O–H groups in total. The van der Waals surface area contributed by atoms with Crippen LogP contribution in [0.2, 0.25) is 0 Å². The van der Waals surface area contributed by atoms with E-state index in [2.05, 4.69) is 59.0 Å². The average molecular weight is 284 g/mol. The summed E-state index contributed by atoms with van der Waals surface area (Å²) in [6, 6.07) is 13.4. The molecular formula is C17H20N2S. The first kappa shape index (κ1) is 13.4. The van der Waals surface area contributed by atoms with E-state index in [0.29, 0.717) is 6.04 Å². The molecular weight excluding hydrogens is 264 g/mol. The minimum atomic E-state index is 0.467. The number of benzene rings is 1. The zero-order valence-electron chi connectivity index (χ0n) is 11.7. The molecule has 0 bridgehead atoms. The molecule has 0 saturated carbocycles. The van der Waals surface area contributed by atoms with E-state index in [4.69, 9.17) is 0 Å². The number of nitrogens with one attached hydrogen (secondary N) is 2. The molecule has 3 heteroatoms. The Balaban J connectivity index is 1.75. The minimum Gasteiger partial charge on any atom is -0.361 e. The van der Waals surface area contributed by atoms with E-state index in [1.54, 1.807) is 0 Å². The predicted octanol–water partition coefficient (Wildman–Crippen LogP) is 4.86. The van der Waals surface area contributed by atoms with Gasteiger partial charge >= 0.3 is 0 Å². The van der Waals surface area contributed by atoms with Gasteiger partial charge in [0.15, 0.2) is 0 Å². The third-order valence-corrected chi connectivity index (χ3v) is 4.67. The second-order valence-corrected chi connectivity index (χ2v) is 6.07. The quantitative estimate of drug-likeness (QED) is 0.664. The van der Waals surface area contributed by atoms with Crippen LogP contribution in [0.1, 0.15) is 36.2 Å². The number of hydrogen-bond acceptors (Lipinski definition) is 2. The van der Waals surface area contributed by atoms with Crippen LogP contribution in [-0.4, -0.2) is 4.98 Å². The summed E-state index contributed by atoms with van der Waals surface area (Å²) < 4.78 is 0. The Bertz CT molecular complexity index is 655. The van der Waals surface area contributed by atoms with Gasteiger partial charge in [-0.25, -0.2) is 0 Å². The van der Waals surface area contributed by atoms with Gasteiger partial charge in [0.05, 0.1) is 0 Å². The number of hydrogen-bond donors (Lipinski definition) is 2. The number of fused-ring (bicyclic) bond motifs is 1. The third kappa shape index (κ3) is 2.79. The van der Waals surface area contributed by atoms with Gasteiger partial charge in [0.25, 0.3) is 0 Å². The highest BCUT2D eigenvalue weighted by atomic mass is 32.1. The Kier molecular flexibility index (Phi) is 4.19. The third-order valence-electron chi connectivity index (χ3n) is 3.69. The molecule has 0 aliphatic heterocycles. The summed E-state index contributed by atoms with van der Waals surface area (Å²) in [6.07, 6.45) is 4.39. The Morgan fingerprint density at radius 1 is 1.20 bits per heavy atom. The summed E-state index contributed by atoms with van der Waals surface area (Å²) in [4.78, 5) is 4.71. The van der Waals surface area contributed by atoms with Gasteiger partial charge in [0.2, 0.25) is 0 Å². The van der Waals surface area contributed by atoms with Gasteiger partial charge < -0.3 is 10.3 Å². The van der Waals surface area contributed by atoms with Crippen LogP contribution in [0.4, 0.5) is 0 Å². The van der Waals surface area contributed by atoms with Crippen LogP contribution in [0.25, 0.3) is 10.9 Å². The number of aromatic amines is 1. The number of rotatable bonds is 6. The van der Waals surface area contributed by atoms with E-state index >= 15 is 0 Å². The predicted molar refractivity (Wildman–Crippen MR) is 87.1 cm³/mol. The van der Waals surface area contributed by atoms with Gasteiger partial charge in [-0.1, -0.05) is 31.5 Å². The summed E-state index contributed by atoms with van der Waals surface area (Å²) in [6.45, 7) is 3.16. The molecule has 0 radical (unpaired) electrons. The van der Waals surface area contributed by atoms with Crippen molar-refractivity contribution in [1.82, 2.24) is 10.3 Å². The molecule has 2 heterocycles. The van der Waals surface area contributed by atoms with Gasteiger partial charge in [-0.2, -0.15) is 0 Å². The standard InChI is InChI=1S/C17H20N2S/c1-2-5-16(17-8-4-11-20-17)19-12-13-6-3-7-15-14(13)9-10-18-15/h3-4,6-11,16,18-19H,2,5,12H2,1H3. The van der Waals surface area contributed by atoms with Crippen molar-refractivity contribution in [1.29, 1.82) is 0 Å². The van der Waals surface area contributed by atoms with Crippen LogP contribution in [0, 0.1) is 0 Å². The lowest BCUT2D eigenvalue weighted by molar-refractivity contribution is 0.501. The SMILES string of the molecule is CCCC(NCc1cccc2[nH]ccc12)c1cccs1. The van der Waals surface area contributed by atoms with Crippen molar-refractivity contribution in [2.45, 2.75) is 32.4 Å². The molecule has 0 amide bonds. The van der Waals surface area contributed by atoms with Crippen LogP contribution in [0.3, 0.4) is 0 Å². The molecule has 3 aromatic rings. The van der Waals surface area contributed by atoms with Crippen LogP contribution >= 0.6 is 11.3 Å². The maximum atomic E-state index is 3.72. The molecule has 0 aliphatic carbocycles. The van der Waals surface area contributed by atoms with Crippen molar-refractivity contribution in [2.24, 2.45) is 0 Å². The summed E-state index contributed by atoms with van der Waals surface area (Å²) in [5.41, 5.74) is 2.58. The number of thiophene rings is 1. The van der Waals surface area contributed by atoms with E-state index in [1.165, 1.54) is 34.2 Å². The van der Waals surface area contributed by atoms with E-state index < -0.39 is 0 Å². The van der Waals surface area contributed by atoms with E-state index in [1.807, 2.05) is 17.5 Å². The molecule has 1 atom stereocenters. The lowest BCUT2D eigenvalue weighted by Crippen LogP contribution is -2.20. The molecule has 0 spiro atoms. The van der Waals surface area contributed by atoms with Crippen LogP contribution in [-0.2, 0) is 6.54 Å². The first-order valence-corrected chi connectivity index (χ1v) is 8.08. The van der Waals surface area contributed by atoms with Crippen molar-refractivity contribution in [3.8, 4) is 0 Å². The largest absolute Gasteiger partial charge is 0.361 e. The Morgan fingerprint density at radius 3 is 2.95 bits per heavy atom. The summed E-state index contributed by atoms with van der Waals surface area (Å²) >= 11 is 1.84. The van der Waals surface area contributed by atoms with Crippen LogP contribution in [0.5, 0.6) is 0 Å². The summed E-state index contributed by atoms with van der Waals surface area (Å²) in [5.74, 6) is 0. The molecule has 0 aliphatic rings. The van der Waals surface area contributed by atoms with Gasteiger partial charge in [0.1, 0.15) is 0 Å². The lowest BCUT2D eigenvalue weighted by atomic mass is 10.1. The molecule has 2 nitrogen and oxygen atoms in total. The highest BCUT2D eigenvalue weighted by molar-refractivity contribution is 7.10. The van der Waals surface area contributed by atoms with E-state index in [-0.39, 0.29) is 0 Å². The van der Waals surface area contributed by atoms with Gasteiger partial charge in [-0.15, -0.1) is 11.3 Å².